The number of rotatable bonds is 3. The Morgan fingerprint density at radius 3 is 0.878 bits per heavy atom. The summed E-state index contributed by atoms with van der Waals surface area (Å²) in [7, 11) is 0. The van der Waals surface area contributed by atoms with Crippen LogP contribution in [0.5, 0.6) is 17.2 Å². The van der Waals surface area contributed by atoms with E-state index in [1.807, 2.05) is 0 Å². The number of carbonyl (C=O) groups is 3. The third-order valence-corrected chi connectivity index (χ3v) is 8.26. The first-order chi connectivity index (χ1) is 22.6. The summed E-state index contributed by atoms with van der Waals surface area (Å²) in [6, 6.07) is 14.9. The third kappa shape index (κ3) is 7.46. The summed E-state index contributed by atoms with van der Waals surface area (Å²) in [5.41, 5.74) is 4.61. The molecule has 3 aromatic heterocycles. The topological polar surface area (TPSA) is 220 Å². The summed E-state index contributed by atoms with van der Waals surface area (Å²) in [5.74, 6) is -4.06. The number of aromatic carboxylic acids is 3. The van der Waals surface area contributed by atoms with Crippen LogP contribution in [0, 0.1) is 41.5 Å². The van der Waals surface area contributed by atoms with Gasteiger partial charge in [-0.3, -0.25) is 0 Å². The number of fused-ring (bicyclic) bond motifs is 3. The molecule has 0 aliphatic carbocycles. The fourth-order valence-corrected chi connectivity index (χ4v) is 5.18. The summed E-state index contributed by atoms with van der Waals surface area (Å²) in [6.07, 6.45) is 0. The maximum atomic E-state index is 10.9. The molecule has 0 saturated heterocycles. The number of phenols is 3. The number of hydrogen-bond acceptors (Lipinski definition) is 12. The normalized spacial score (nSPS) is 10.4. The van der Waals surface area contributed by atoms with Crippen molar-refractivity contribution in [3.63, 3.8) is 0 Å². The fourth-order valence-electron chi connectivity index (χ4n) is 5.18. The Morgan fingerprint density at radius 2 is 0.673 bits per heavy atom. The SMILES string of the molecule is Cc1c(C(=O)[O-])nc2c(O)cccc2c1C.Cc1c(C(=O)[O-])nc2c(O)cccc2c1C.Cc1c(C(=O)[O-])nc2c(O)cccc2c1C.[Au+3]. The number of para-hydroxylation sites is 3. The molecule has 0 aliphatic heterocycles. The van der Waals surface area contributed by atoms with Crippen LogP contribution in [-0.4, -0.2) is 48.2 Å². The van der Waals surface area contributed by atoms with Crippen molar-refractivity contribution in [2.75, 3.05) is 0 Å². The zero-order chi connectivity index (χ0) is 35.6. The van der Waals surface area contributed by atoms with E-state index in [9.17, 15) is 45.0 Å². The zero-order valence-electron chi connectivity index (χ0n) is 27.1. The van der Waals surface area contributed by atoms with Gasteiger partial charge < -0.3 is 45.0 Å². The fraction of sp³-hybridized carbons (Fsp3) is 0.167. The average molecular weight is 846 g/mol. The van der Waals surface area contributed by atoms with Crippen molar-refractivity contribution in [3.05, 3.63) is 105 Å². The number of phenolic OH excluding ortho intramolecular Hbond substituents is 3. The van der Waals surface area contributed by atoms with Crippen LogP contribution in [0.2, 0.25) is 0 Å². The molecular formula is C36H30AuN3O9. The van der Waals surface area contributed by atoms with Gasteiger partial charge in [-0.1, -0.05) is 36.4 Å². The van der Waals surface area contributed by atoms with Crippen LogP contribution < -0.4 is 15.3 Å². The summed E-state index contributed by atoms with van der Waals surface area (Å²) in [5, 5.41) is 63.7. The van der Waals surface area contributed by atoms with Crippen LogP contribution in [0.1, 0.15) is 64.8 Å². The summed E-state index contributed by atoms with van der Waals surface area (Å²) >= 11 is 0. The number of aromatic nitrogens is 3. The van der Waals surface area contributed by atoms with Crippen molar-refractivity contribution in [3.8, 4) is 17.2 Å². The Morgan fingerprint density at radius 1 is 0.449 bits per heavy atom. The number of carbonyl (C=O) groups excluding carboxylic acids is 3. The minimum absolute atomic E-state index is 0. The van der Waals surface area contributed by atoms with Crippen LogP contribution in [0.4, 0.5) is 0 Å². The van der Waals surface area contributed by atoms with Gasteiger partial charge in [0.05, 0.1) is 35.0 Å². The smallest absolute Gasteiger partial charge is 0.543 e. The molecule has 3 aromatic carbocycles. The van der Waals surface area contributed by atoms with Crippen LogP contribution in [0.25, 0.3) is 32.7 Å². The molecule has 0 spiro atoms. The summed E-state index contributed by atoms with van der Waals surface area (Å²) < 4.78 is 0. The van der Waals surface area contributed by atoms with Gasteiger partial charge in [-0.05, 0) is 93.1 Å². The van der Waals surface area contributed by atoms with Crippen molar-refractivity contribution in [2.45, 2.75) is 41.5 Å². The molecule has 3 N–H and O–H groups in total. The van der Waals surface area contributed by atoms with E-state index in [-0.39, 0.29) is 56.7 Å². The van der Waals surface area contributed by atoms with Gasteiger partial charge in [0.15, 0.2) is 0 Å². The van der Waals surface area contributed by atoms with Crippen LogP contribution >= 0.6 is 0 Å². The van der Waals surface area contributed by atoms with Crippen molar-refractivity contribution in [1.82, 2.24) is 15.0 Å². The quantitative estimate of drug-likeness (QED) is 0.219. The van der Waals surface area contributed by atoms with E-state index in [0.29, 0.717) is 33.2 Å². The largest absolute Gasteiger partial charge is 3.00 e. The minimum atomic E-state index is -1.33. The van der Waals surface area contributed by atoms with E-state index in [0.717, 1.165) is 32.8 Å². The van der Waals surface area contributed by atoms with Gasteiger partial charge in [-0.2, -0.15) is 0 Å². The molecule has 0 aliphatic rings. The Hall–Kier alpha value is -5.56. The molecule has 6 rings (SSSR count). The van der Waals surface area contributed by atoms with Crippen LogP contribution in [0.15, 0.2) is 54.6 Å². The standard InChI is InChI=1S/3C12H11NO3.Au/c3*1-6-7(2)10(12(15)16)13-11-8(6)4-3-5-9(11)14;/h3*3-5,14H,1-2H3,(H,15,16);/q;;;+3/p-3. The number of carboxylic acids is 3. The van der Waals surface area contributed by atoms with Crippen molar-refractivity contribution in [2.24, 2.45) is 0 Å². The van der Waals surface area contributed by atoms with Gasteiger partial charge in [0, 0.05) is 16.2 Å². The Kier molecular flexibility index (Phi) is 11.7. The number of carboxylic acid groups (broad SMARTS) is 3. The molecule has 49 heavy (non-hydrogen) atoms. The first kappa shape index (κ1) is 37.9. The second kappa shape index (κ2) is 15.1. The molecule has 0 radical (unpaired) electrons. The van der Waals surface area contributed by atoms with Gasteiger partial charge >= 0.3 is 22.4 Å². The van der Waals surface area contributed by atoms with Gasteiger partial charge in [0.2, 0.25) is 0 Å². The zero-order valence-corrected chi connectivity index (χ0v) is 29.3. The predicted octanol–water partition coefficient (Wildman–Crippen LogP) is 2.76. The Labute approximate surface area is 295 Å². The second-order valence-corrected chi connectivity index (χ2v) is 11.0. The average Bonchev–Trinajstić information content (AvgIpc) is 3.03. The van der Waals surface area contributed by atoms with Crippen LogP contribution in [0.3, 0.4) is 0 Å². The first-order valence-corrected chi connectivity index (χ1v) is 14.5. The van der Waals surface area contributed by atoms with Crippen LogP contribution in [-0.2, 0) is 22.4 Å². The monoisotopic (exact) mass is 845 g/mol. The number of hydrogen-bond donors (Lipinski definition) is 3. The molecule has 0 unspecified atom stereocenters. The molecule has 0 bridgehead atoms. The molecule has 0 fully saturated rings. The van der Waals surface area contributed by atoms with Crippen molar-refractivity contribution < 1.29 is 67.4 Å². The van der Waals surface area contributed by atoms with Crippen molar-refractivity contribution in [1.29, 1.82) is 0 Å². The van der Waals surface area contributed by atoms with Crippen molar-refractivity contribution >= 4 is 50.6 Å². The third-order valence-electron chi connectivity index (χ3n) is 8.26. The van der Waals surface area contributed by atoms with E-state index in [1.54, 1.807) is 77.9 Å². The maximum Gasteiger partial charge on any atom is 3.00 e. The molecule has 13 heteroatoms. The van der Waals surface area contributed by atoms with E-state index in [1.165, 1.54) is 18.2 Å². The molecule has 3 heterocycles. The molecule has 254 valence electrons. The molecule has 12 nitrogen and oxygen atoms in total. The molecule has 6 aromatic rings. The second-order valence-electron chi connectivity index (χ2n) is 11.0. The predicted molar refractivity (Wildman–Crippen MR) is 172 cm³/mol. The maximum absolute atomic E-state index is 10.9. The van der Waals surface area contributed by atoms with Gasteiger partial charge in [-0.15, -0.1) is 0 Å². The minimum Gasteiger partial charge on any atom is -0.543 e. The number of nitrogens with zero attached hydrogens (tertiary/aromatic N) is 3. The van der Waals surface area contributed by atoms with Gasteiger partial charge in [0.25, 0.3) is 0 Å². The molecule has 0 amide bonds. The Bertz CT molecular complexity index is 2030. The van der Waals surface area contributed by atoms with E-state index in [2.05, 4.69) is 15.0 Å². The number of pyridine rings is 3. The van der Waals surface area contributed by atoms with Gasteiger partial charge in [0.1, 0.15) is 33.8 Å². The molecular weight excluding hydrogens is 815 g/mol. The van der Waals surface area contributed by atoms with Gasteiger partial charge in [-0.25, -0.2) is 15.0 Å². The molecule has 0 atom stereocenters. The summed E-state index contributed by atoms with van der Waals surface area (Å²) in [6.45, 7) is 10.4. The van der Waals surface area contributed by atoms with E-state index in [4.69, 9.17) is 0 Å². The number of aromatic hydroxyl groups is 3. The molecule has 0 saturated carbocycles. The summed E-state index contributed by atoms with van der Waals surface area (Å²) in [4.78, 5) is 44.4. The first-order valence-electron chi connectivity index (χ1n) is 14.5. The van der Waals surface area contributed by atoms with E-state index >= 15 is 0 Å². The number of benzene rings is 3. The Balaban J connectivity index is 0.000000197. The number of aryl methyl sites for hydroxylation is 3. The van der Waals surface area contributed by atoms with E-state index < -0.39 is 17.9 Å².